The van der Waals surface area contributed by atoms with Gasteiger partial charge >= 0.3 is 0 Å². The molecule has 0 saturated heterocycles. The molecule has 4 nitrogen and oxygen atoms in total. The van der Waals surface area contributed by atoms with Crippen LogP contribution in [0.4, 0.5) is 17.6 Å². The van der Waals surface area contributed by atoms with E-state index >= 15 is 0 Å². The predicted molar refractivity (Wildman–Crippen MR) is 190 cm³/mol. The van der Waals surface area contributed by atoms with E-state index in [0.29, 0.717) is 23.0 Å². The zero-order valence-corrected chi connectivity index (χ0v) is 30.7. The SMILES string of the molecule is CCCCCC1CCC(c2ccc(OCCCP(=O)(O)CCCOc3ccc(C4CCC(CCCCC)CC4)c(F)c3F)c(F)c2F)CC1. The number of ether oxygens (including phenoxy) is 2. The lowest BCUT2D eigenvalue weighted by Crippen LogP contribution is -2.15. The molecule has 0 aliphatic heterocycles. The molecule has 9 heteroatoms. The Balaban J connectivity index is 1.14. The van der Waals surface area contributed by atoms with Crippen LogP contribution in [0.1, 0.15) is 152 Å². The highest BCUT2D eigenvalue weighted by Crippen LogP contribution is 2.43. The van der Waals surface area contributed by atoms with Gasteiger partial charge < -0.3 is 14.4 Å². The van der Waals surface area contributed by atoms with E-state index in [1.807, 2.05) is 0 Å². The highest BCUT2D eigenvalue weighted by molar-refractivity contribution is 7.57. The number of benzene rings is 2. The number of halogens is 4. The topological polar surface area (TPSA) is 55.8 Å². The van der Waals surface area contributed by atoms with Crippen molar-refractivity contribution >= 4 is 7.37 Å². The van der Waals surface area contributed by atoms with E-state index in [2.05, 4.69) is 13.8 Å². The van der Waals surface area contributed by atoms with Crippen LogP contribution in [-0.2, 0) is 4.57 Å². The molecule has 1 N–H and O–H groups in total. The first-order valence-electron chi connectivity index (χ1n) is 19.2. The zero-order valence-electron chi connectivity index (χ0n) is 29.8. The summed E-state index contributed by atoms with van der Waals surface area (Å²) in [7, 11) is -3.56. The summed E-state index contributed by atoms with van der Waals surface area (Å²) in [5.41, 5.74) is 0.820. The van der Waals surface area contributed by atoms with Gasteiger partial charge in [-0.2, -0.15) is 8.78 Å². The van der Waals surface area contributed by atoms with Gasteiger partial charge in [0.2, 0.25) is 19.0 Å². The molecule has 0 radical (unpaired) electrons. The van der Waals surface area contributed by atoms with Crippen LogP contribution in [0.5, 0.6) is 11.5 Å². The van der Waals surface area contributed by atoms with Crippen molar-refractivity contribution < 1.29 is 36.5 Å². The van der Waals surface area contributed by atoms with Gasteiger partial charge in [0.1, 0.15) is 0 Å². The van der Waals surface area contributed by atoms with Gasteiger partial charge in [-0.1, -0.05) is 77.3 Å². The van der Waals surface area contributed by atoms with Crippen molar-refractivity contribution in [1.82, 2.24) is 0 Å². The molecule has 0 amide bonds. The largest absolute Gasteiger partial charge is 0.490 e. The minimum absolute atomic E-state index is 0.0137. The summed E-state index contributed by atoms with van der Waals surface area (Å²) in [4.78, 5) is 10.4. The molecule has 0 unspecified atom stereocenters. The van der Waals surface area contributed by atoms with Crippen LogP contribution < -0.4 is 9.47 Å². The van der Waals surface area contributed by atoms with Crippen LogP contribution >= 0.6 is 7.37 Å². The first-order chi connectivity index (χ1) is 23.6. The second-order valence-corrected chi connectivity index (χ2v) is 17.3. The molecular weight excluding hydrogens is 651 g/mol. The molecule has 0 atom stereocenters. The Morgan fingerprint density at radius 3 is 1.35 bits per heavy atom. The Hall–Kier alpha value is -2.05. The maximum absolute atomic E-state index is 15.0. The van der Waals surface area contributed by atoms with Crippen LogP contribution in [0.15, 0.2) is 24.3 Å². The summed E-state index contributed by atoms with van der Waals surface area (Å²) in [6, 6.07) is 6.17. The highest BCUT2D eigenvalue weighted by atomic mass is 31.2. The molecule has 49 heavy (non-hydrogen) atoms. The lowest BCUT2D eigenvalue weighted by atomic mass is 9.77. The Morgan fingerprint density at radius 1 is 0.592 bits per heavy atom. The maximum Gasteiger partial charge on any atom is 0.200 e. The van der Waals surface area contributed by atoms with Crippen LogP contribution in [0.2, 0.25) is 0 Å². The van der Waals surface area contributed by atoms with E-state index in [0.717, 1.165) is 51.4 Å². The maximum atomic E-state index is 15.0. The van der Waals surface area contributed by atoms with Gasteiger partial charge in [-0.05, 0) is 111 Å². The molecule has 2 saturated carbocycles. The van der Waals surface area contributed by atoms with Gasteiger partial charge in [-0.25, -0.2) is 8.78 Å². The summed E-state index contributed by atoms with van der Waals surface area (Å²) >= 11 is 0. The first-order valence-corrected chi connectivity index (χ1v) is 21.2. The molecule has 4 rings (SSSR count). The molecule has 2 aromatic carbocycles. The van der Waals surface area contributed by atoms with Crippen LogP contribution in [0.3, 0.4) is 0 Å². The van der Waals surface area contributed by atoms with Crippen molar-refractivity contribution in [2.45, 2.75) is 141 Å². The fourth-order valence-electron chi connectivity index (χ4n) is 7.94. The van der Waals surface area contributed by atoms with Crippen LogP contribution in [-0.4, -0.2) is 30.4 Å². The number of hydrogen-bond donors (Lipinski definition) is 1. The van der Waals surface area contributed by atoms with Gasteiger partial charge in [0.05, 0.1) is 13.2 Å². The second kappa shape index (κ2) is 20.1. The Kier molecular flexibility index (Phi) is 16.3. The molecule has 0 bridgehead atoms. The summed E-state index contributed by atoms with van der Waals surface area (Å²) < 4.78 is 83.4. The van der Waals surface area contributed by atoms with E-state index < -0.39 is 30.6 Å². The summed E-state index contributed by atoms with van der Waals surface area (Å²) in [5, 5.41) is 0. The predicted octanol–water partition coefficient (Wildman–Crippen LogP) is 12.5. The van der Waals surface area contributed by atoms with Gasteiger partial charge in [-0.15, -0.1) is 0 Å². The monoisotopic (exact) mass is 710 g/mol. The summed E-state index contributed by atoms with van der Waals surface area (Å²) in [6.07, 6.45) is 17.7. The van der Waals surface area contributed by atoms with Crippen molar-refractivity contribution in [1.29, 1.82) is 0 Å². The van der Waals surface area contributed by atoms with Gasteiger partial charge in [0.15, 0.2) is 23.1 Å². The minimum Gasteiger partial charge on any atom is -0.490 e. The van der Waals surface area contributed by atoms with Crippen molar-refractivity contribution in [3.05, 3.63) is 58.7 Å². The third kappa shape index (κ3) is 12.0. The Labute approximate surface area is 292 Å². The molecule has 2 aliphatic rings. The molecule has 276 valence electrons. The third-order valence-corrected chi connectivity index (χ3v) is 13.0. The Morgan fingerprint density at radius 2 is 0.980 bits per heavy atom. The van der Waals surface area contributed by atoms with Crippen LogP contribution in [0.25, 0.3) is 0 Å². The average molecular weight is 711 g/mol. The van der Waals surface area contributed by atoms with Crippen molar-refractivity contribution in [2.24, 2.45) is 11.8 Å². The zero-order chi connectivity index (χ0) is 35.2. The molecule has 2 aromatic rings. The van der Waals surface area contributed by atoms with E-state index in [1.165, 1.54) is 63.5 Å². The first kappa shape index (κ1) is 39.7. The number of unbranched alkanes of at least 4 members (excludes halogenated alkanes) is 4. The summed E-state index contributed by atoms with van der Waals surface area (Å²) in [6.45, 7) is 4.33. The average Bonchev–Trinajstić information content (AvgIpc) is 3.10. The van der Waals surface area contributed by atoms with E-state index in [-0.39, 0.29) is 61.7 Å². The fraction of sp³-hybridized carbons (Fsp3) is 0.700. The second-order valence-electron chi connectivity index (χ2n) is 14.7. The van der Waals surface area contributed by atoms with E-state index in [4.69, 9.17) is 9.47 Å². The van der Waals surface area contributed by atoms with E-state index in [9.17, 15) is 27.0 Å². The minimum atomic E-state index is -3.56. The molecule has 2 fully saturated rings. The third-order valence-electron chi connectivity index (χ3n) is 11.0. The summed E-state index contributed by atoms with van der Waals surface area (Å²) in [5.74, 6) is -2.72. The smallest absolute Gasteiger partial charge is 0.200 e. The standard InChI is InChI=1S/C40H59F4O4P/c1-3-5-7-11-29-13-17-31(18-14-29)33-21-23-35(39(43)37(33)41)47-25-9-27-49(45,46)28-10-26-48-36-24-22-34(38(42)40(36)44)32-19-15-30(16-20-32)12-8-6-4-2/h21-24,29-32H,3-20,25-28H2,1-2H3,(H,45,46). The van der Waals surface area contributed by atoms with Crippen molar-refractivity contribution in [3.8, 4) is 11.5 Å². The number of hydrogen-bond acceptors (Lipinski definition) is 3. The van der Waals surface area contributed by atoms with Crippen LogP contribution in [0, 0.1) is 35.1 Å². The molecule has 0 heterocycles. The molecule has 0 spiro atoms. The van der Waals surface area contributed by atoms with Gasteiger partial charge in [0, 0.05) is 12.3 Å². The number of rotatable bonds is 20. The lowest BCUT2D eigenvalue weighted by molar-refractivity contribution is 0.283. The molecular formula is C40H59F4O4P. The van der Waals surface area contributed by atoms with E-state index in [1.54, 1.807) is 12.1 Å². The van der Waals surface area contributed by atoms with Crippen molar-refractivity contribution in [3.63, 3.8) is 0 Å². The molecule has 2 aliphatic carbocycles. The Bertz CT molecular complexity index is 1240. The highest BCUT2D eigenvalue weighted by Gasteiger charge is 2.28. The molecule has 0 aromatic heterocycles. The quantitative estimate of drug-likeness (QED) is 0.0844. The van der Waals surface area contributed by atoms with Gasteiger partial charge in [-0.3, -0.25) is 4.57 Å². The fourth-order valence-corrected chi connectivity index (χ4v) is 9.41. The normalized spacial score (nSPS) is 22.5. The van der Waals surface area contributed by atoms with Crippen molar-refractivity contribution in [2.75, 3.05) is 25.5 Å². The lowest BCUT2D eigenvalue weighted by Gasteiger charge is -2.29. The van der Waals surface area contributed by atoms with Gasteiger partial charge in [0.25, 0.3) is 0 Å².